The number of nitrogens with zero attached hydrogens (tertiary/aromatic N) is 1. The molecule has 2 aromatic carbocycles. The Kier molecular flexibility index (Phi) is 7.40. The molecule has 1 fully saturated rings. The lowest BCUT2D eigenvalue weighted by Gasteiger charge is -2.20. The normalized spacial score (nSPS) is 15.1. The molecule has 2 amide bonds. The van der Waals surface area contributed by atoms with Crippen molar-refractivity contribution in [3.8, 4) is 5.75 Å². The molecule has 0 spiro atoms. The van der Waals surface area contributed by atoms with Gasteiger partial charge in [0.2, 0.25) is 5.91 Å². The molecule has 1 aliphatic heterocycles. The highest BCUT2D eigenvalue weighted by Crippen LogP contribution is 2.22. The van der Waals surface area contributed by atoms with Gasteiger partial charge in [-0.15, -0.1) is 0 Å². The fraction of sp³-hybridized carbons (Fsp3) is 0.286. The first kappa shape index (κ1) is 21.8. The number of ether oxygens (including phenoxy) is 3. The van der Waals surface area contributed by atoms with Gasteiger partial charge in [0.25, 0.3) is 5.91 Å². The van der Waals surface area contributed by atoms with Crippen LogP contribution >= 0.6 is 11.6 Å². The summed E-state index contributed by atoms with van der Waals surface area (Å²) in [5, 5.41) is 7.16. The van der Waals surface area contributed by atoms with Gasteiger partial charge in [0, 0.05) is 10.7 Å². The molecule has 0 atom stereocenters. The van der Waals surface area contributed by atoms with Crippen LogP contribution in [0.3, 0.4) is 0 Å². The Bertz CT molecular complexity index is 911. The highest BCUT2D eigenvalue weighted by atomic mass is 35.5. The highest BCUT2D eigenvalue weighted by Gasteiger charge is 2.33. The predicted octanol–water partition coefficient (Wildman–Crippen LogP) is 2.96. The van der Waals surface area contributed by atoms with E-state index in [1.165, 1.54) is 6.21 Å². The van der Waals surface area contributed by atoms with Crippen LogP contribution in [-0.2, 0) is 19.1 Å². The standard InChI is InChI=1S/C21H22ClN3O5/c1-21(29-9-10-30-21)12-19(26)25-23-13-15-5-7-18(8-6-15)28-14-20(27)24-17-4-2-3-16(22)11-17/h2-8,11,13H,9-10,12,14H2,1H3,(H,24,27)(H,25,26)/b23-13-. The van der Waals surface area contributed by atoms with E-state index in [0.717, 1.165) is 5.56 Å². The van der Waals surface area contributed by atoms with Gasteiger partial charge in [0.05, 0.1) is 25.8 Å². The molecule has 9 heteroatoms. The summed E-state index contributed by atoms with van der Waals surface area (Å²) in [5.74, 6) is -0.964. The molecule has 2 N–H and O–H groups in total. The van der Waals surface area contributed by atoms with Gasteiger partial charge in [-0.2, -0.15) is 5.10 Å². The van der Waals surface area contributed by atoms with E-state index in [0.29, 0.717) is 29.7 Å². The van der Waals surface area contributed by atoms with Crippen molar-refractivity contribution in [1.82, 2.24) is 5.43 Å². The molecule has 0 unspecified atom stereocenters. The summed E-state index contributed by atoms with van der Waals surface area (Å²) in [7, 11) is 0. The number of hydrogen-bond acceptors (Lipinski definition) is 6. The molecular formula is C21H22ClN3O5. The molecule has 158 valence electrons. The van der Waals surface area contributed by atoms with Gasteiger partial charge in [0.15, 0.2) is 12.4 Å². The van der Waals surface area contributed by atoms with Crippen LogP contribution in [0.25, 0.3) is 0 Å². The van der Waals surface area contributed by atoms with Crippen molar-refractivity contribution in [2.24, 2.45) is 5.10 Å². The first-order chi connectivity index (χ1) is 14.4. The second-order valence-corrected chi connectivity index (χ2v) is 7.15. The summed E-state index contributed by atoms with van der Waals surface area (Å²) in [6, 6.07) is 13.8. The molecule has 0 bridgehead atoms. The predicted molar refractivity (Wildman–Crippen MR) is 113 cm³/mol. The summed E-state index contributed by atoms with van der Waals surface area (Å²) < 4.78 is 16.2. The van der Waals surface area contributed by atoms with E-state index in [9.17, 15) is 9.59 Å². The fourth-order valence-electron chi connectivity index (χ4n) is 2.73. The maximum Gasteiger partial charge on any atom is 0.262 e. The molecule has 2 aromatic rings. The Balaban J connectivity index is 1.41. The number of hydrazone groups is 1. The number of anilines is 1. The number of carbonyl (C=O) groups is 2. The van der Waals surface area contributed by atoms with Crippen molar-refractivity contribution in [3.05, 3.63) is 59.1 Å². The Labute approximate surface area is 179 Å². The van der Waals surface area contributed by atoms with Gasteiger partial charge in [-0.1, -0.05) is 17.7 Å². The average Bonchev–Trinajstić information content (AvgIpc) is 3.13. The quantitative estimate of drug-likeness (QED) is 0.494. The van der Waals surface area contributed by atoms with E-state index in [1.807, 2.05) is 0 Å². The molecular weight excluding hydrogens is 410 g/mol. The van der Waals surface area contributed by atoms with E-state index in [4.69, 9.17) is 25.8 Å². The number of amides is 2. The van der Waals surface area contributed by atoms with Crippen molar-refractivity contribution in [1.29, 1.82) is 0 Å². The topological polar surface area (TPSA) is 98.2 Å². The molecule has 1 aliphatic rings. The molecule has 8 nitrogen and oxygen atoms in total. The van der Waals surface area contributed by atoms with E-state index >= 15 is 0 Å². The van der Waals surface area contributed by atoms with Gasteiger partial charge >= 0.3 is 0 Å². The lowest BCUT2D eigenvalue weighted by molar-refractivity contribution is -0.159. The van der Waals surface area contributed by atoms with Crippen LogP contribution in [0.4, 0.5) is 5.69 Å². The second-order valence-electron chi connectivity index (χ2n) is 6.72. The average molecular weight is 432 g/mol. The molecule has 0 radical (unpaired) electrons. The van der Waals surface area contributed by atoms with E-state index in [1.54, 1.807) is 55.5 Å². The Morgan fingerprint density at radius 3 is 2.60 bits per heavy atom. The molecule has 3 rings (SSSR count). The monoisotopic (exact) mass is 431 g/mol. The molecule has 1 heterocycles. The lowest BCUT2D eigenvalue weighted by Crippen LogP contribution is -2.33. The SMILES string of the molecule is CC1(CC(=O)N/N=C\c2ccc(OCC(=O)Nc3cccc(Cl)c3)cc2)OCCO1. The lowest BCUT2D eigenvalue weighted by atomic mass is 10.2. The van der Waals surface area contributed by atoms with Crippen molar-refractivity contribution in [2.75, 3.05) is 25.1 Å². The minimum Gasteiger partial charge on any atom is -0.484 e. The van der Waals surface area contributed by atoms with Crippen molar-refractivity contribution in [2.45, 2.75) is 19.1 Å². The first-order valence-electron chi connectivity index (χ1n) is 9.30. The Morgan fingerprint density at radius 1 is 1.17 bits per heavy atom. The van der Waals surface area contributed by atoms with Crippen LogP contribution in [0.15, 0.2) is 53.6 Å². The number of benzene rings is 2. The summed E-state index contributed by atoms with van der Waals surface area (Å²) in [6.45, 7) is 2.53. The van der Waals surface area contributed by atoms with Crippen molar-refractivity contribution < 1.29 is 23.8 Å². The zero-order chi connectivity index (χ0) is 21.4. The largest absolute Gasteiger partial charge is 0.484 e. The third-order valence-electron chi connectivity index (χ3n) is 4.14. The number of rotatable bonds is 8. The first-order valence-corrected chi connectivity index (χ1v) is 9.68. The molecule has 0 aliphatic carbocycles. The van der Waals surface area contributed by atoms with E-state index < -0.39 is 5.79 Å². The number of hydrogen-bond donors (Lipinski definition) is 2. The van der Waals surface area contributed by atoms with Gasteiger partial charge < -0.3 is 19.5 Å². The van der Waals surface area contributed by atoms with Gasteiger partial charge in [-0.3, -0.25) is 9.59 Å². The highest BCUT2D eigenvalue weighted by molar-refractivity contribution is 6.30. The van der Waals surface area contributed by atoms with Crippen LogP contribution in [0.5, 0.6) is 5.75 Å². The van der Waals surface area contributed by atoms with Gasteiger partial charge in [-0.05, 0) is 55.0 Å². The molecule has 0 aromatic heterocycles. The number of halogens is 1. The molecule has 1 saturated heterocycles. The van der Waals surface area contributed by atoms with Gasteiger partial charge in [0.1, 0.15) is 5.75 Å². The van der Waals surface area contributed by atoms with Crippen LogP contribution < -0.4 is 15.5 Å². The van der Waals surface area contributed by atoms with Crippen LogP contribution in [0, 0.1) is 0 Å². The smallest absolute Gasteiger partial charge is 0.262 e. The van der Waals surface area contributed by atoms with E-state index in [-0.39, 0.29) is 24.8 Å². The zero-order valence-electron chi connectivity index (χ0n) is 16.4. The zero-order valence-corrected chi connectivity index (χ0v) is 17.1. The minimum absolute atomic E-state index is 0.0639. The maximum absolute atomic E-state index is 12.0. The summed E-state index contributed by atoms with van der Waals surface area (Å²) in [5.41, 5.74) is 3.80. The minimum atomic E-state index is -0.891. The van der Waals surface area contributed by atoms with Crippen LogP contribution in [-0.4, -0.2) is 43.6 Å². The summed E-state index contributed by atoms with van der Waals surface area (Å²) in [4.78, 5) is 23.9. The van der Waals surface area contributed by atoms with Crippen molar-refractivity contribution >= 4 is 35.3 Å². The van der Waals surface area contributed by atoms with Crippen LogP contribution in [0.1, 0.15) is 18.9 Å². The maximum atomic E-state index is 12.0. The summed E-state index contributed by atoms with van der Waals surface area (Å²) >= 11 is 5.89. The van der Waals surface area contributed by atoms with E-state index in [2.05, 4.69) is 15.8 Å². The Morgan fingerprint density at radius 2 is 1.90 bits per heavy atom. The second kappa shape index (κ2) is 10.2. The fourth-order valence-corrected chi connectivity index (χ4v) is 2.92. The Hall–Kier alpha value is -2.94. The third kappa shape index (κ3) is 6.84. The molecule has 0 saturated carbocycles. The van der Waals surface area contributed by atoms with Gasteiger partial charge in [-0.25, -0.2) is 5.43 Å². The number of nitrogens with one attached hydrogen (secondary N) is 2. The number of carbonyl (C=O) groups excluding carboxylic acids is 2. The third-order valence-corrected chi connectivity index (χ3v) is 4.38. The van der Waals surface area contributed by atoms with Crippen molar-refractivity contribution in [3.63, 3.8) is 0 Å². The summed E-state index contributed by atoms with van der Waals surface area (Å²) in [6.07, 6.45) is 1.57. The van der Waals surface area contributed by atoms with Crippen LogP contribution in [0.2, 0.25) is 5.02 Å². The molecule has 30 heavy (non-hydrogen) atoms.